The lowest BCUT2D eigenvalue weighted by Gasteiger charge is -2.16. The molecule has 1 amide bonds. The van der Waals surface area contributed by atoms with Crippen molar-refractivity contribution in [2.24, 2.45) is 0 Å². The number of hydrogen-bond donors (Lipinski definition) is 1. The first kappa shape index (κ1) is 31.0. The molecule has 1 aromatic carbocycles. The Labute approximate surface area is 245 Å². The molecule has 3 heterocycles. The second-order valence-electron chi connectivity index (χ2n) is 9.59. The van der Waals surface area contributed by atoms with Crippen LogP contribution in [0.3, 0.4) is 0 Å². The van der Waals surface area contributed by atoms with Crippen LogP contribution >= 0.6 is 23.2 Å². The van der Waals surface area contributed by atoms with Crippen molar-refractivity contribution >= 4 is 34.9 Å². The van der Waals surface area contributed by atoms with Gasteiger partial charge in [0.05, 0.1) is 23.5 Å². The summed E-state index contributed by atoms with van der Waals surface area (Å²) < 4.78 is 67.6. The van der Waals surface area contributed by atoms with Gasteiger partial charge in [-0.25, -0.2) is 14.3 Å². The van der Waals surface area contributed by atoms with Gasteiger partial charge in [0.2, 0.25) is 0 Å². The highest BCUT2D eigenvalue weighted by molar-refractivity contribution is 6.32. The van der Waals surface area contributed by atoms with E-state index in [-0.39, 0.29) is 40.3 Å². The summed E-state index contributed by atoms with van der Waals surface area (Å²) in [6.45, 7) is 4.83. The van der Waals surface area contributed by atoms with Crippen molar-refractivity contribution in [3.63, 3.8) is 0 Å². The van der Waals surface area contributed by atoms with E-state index < -0.39 is 36.0 Å². The molecule has 9 nitrogen and oxygen atoms in total. The lowest BCUT2D eigenvalue weighted by atomic mass is 9.95. The Bertz CT molecular complexity index is 1650. The minimum absolute atomic E-state index is 0.0453. The molecule has 0 unspecified atom stereocenters. The van der Waals surface area contributed by atoms with Crippen molar-refractivity contribution in [1.29, 1.82) is 0 Å². The second kappa shape index (κ2) is 11.8. The number of benzene rings is 1. The van der Waals surface area contributed by atoms with Crippen molar-refractivity contribution in [1.82, 2.24) is 35.1 Å². The highest BCUT2D eigenvalue weighted by Crippen LogP contribution is 2.42. The Balaban J connectivity index is 1.73. The van der Waals surface area contributed by atoms with Crippen LogP contribution in [0.4, 0.5) is 22.0 Å². The Hall–Kier alpha value is -3.91. The molecule has 4 aromatic rings. The van der Waals surface area contributed by atoms with Crippen LogP contribution in [0, 0.1) is 6.92 Å². The summed E-state index contributed by atoms with van der Waals surface area (Å²) in [6, 6.07) is 7.21. The number of aromatic nitrogens is 6. The Morgan fingerprint density at radius 2 is 1.81 bits per heavy atom. The van der Waals surface area contributed by atoms with Crippen LogP contribution in [-0.4, -0.2) is 53.7 Å². The number of carbonyl (C=O) groups is 2. The summed E-state index contributed by atoms with van der Waals surface area (Å²) in [5.74, 6) is -6.12. The molecule has 0 bridgehead atoms. The summed E-state index contributed by atoms with van der Waals surface area (Å²) in [7, 11) is 0. The lowest BCUT2D eigenvalue weighted by molar-refractivity contribution is -0.291. The third-order valence-corrected chi connectivity index (χ3v) is 6.48. The van der Waals surface area contributed by atoms with E-state index in [0.717, 1.165) is 9.36 Å². The summed E-state index contributed by atoms with van der Waals surface area (Å²) in [4.78, 5) is 30.8. The predicted octanol–water partition coefficient (Wildman–Crippen LogP) is 5.74. The van der Waals surface area contributed by atoms with Gasteiger partial charge in [0.1, 0.15) is 5.69 Å². The number of nitrogens with zero attached hydrogens (tertiary/aromatic N) is 6. The number of hydrogen-bond acceptors (Lipinski definition) is 6. The van der Waals surface area contributed by atoms with Gasteiger partial charge in [-0.2, -0.15) is 27.1 Å². The highest BCUT2D eigenvalue weighted by atomic mass is 35.5. The molecule has 42 heavy (non-hydrogen) atoms. The number of rotatable bonds is 9. The number of pyridine rings is 1. The van der Waals surface area contributed by atoms with Gasteiger partial charge < -0.3 is 5.32 Å². The second-order valence-corrected chi connectivity index (χ2v) is 10.4. The van der Waals surface area contributed by atoms with Crippen LogP contribution in [0.5, 0.6) is 0 Å². The molecule has 222 valence electrons. The van der Waals surface area contributed by atoms with Crippen LogP contribution in [0.25, 0.3) is 5.82 Å². The van der Waals surface area contributed by atoms with E-state index in [9.17, 15) is 31.5 Å². The Kier molecular flexibility index (Phi) is 8.69. The zero-order valence-electron chi connectivity index (χ0n) is 22.2. The summed E-state index contributed by atoms with van der Waals surface area (Å²) in [5.41, 5.74) is -0.408. The minimum Gasteiger partial charge on any atom is -0.350 e. The van der Waals surface area contributed by atoms with Gasteiger partial charge in [-0.15, -0.1) is 5.10 Å². The molecule has 0 aliphatic rings. The zero-order chi connectivity index (χ0) is 31.0. The fourth-order valence-electron chi connectivity index (χ4n) is 4.03. The maximum Gasteiger partial charge on any atom is 0.459 e. The third-order valence-electron chi connectivity index (χ3n) is 5.97. The van der Waals surface area contributed by atoms with E-state index in [0.29, 0.717) is 22.3 Å². The van der Waals surface area contributed by atoms with Crippen molar-refractivity contribution in [3.8, 4) is 5.82 Å². The summed E-state index contributed by atoms with van der Waals surface area (Å²) in [5, 5.41) is 13.8. The molecule has 1 N–H and O–H groups in total. The van der Waals surface area contributed by atoms with Gasteiger partial charge >= 0.3 is 12.1 Å². The van der Waals surface area contributed by atoms with Crippen LogP contribution in [0.2, 0.25) is 10.0 Å². The van der Waals surface area contributed by atoms with Gasteiger partial charge in [0.15, 0.2) is 17.3 Å². The molecule has 0 atom stereocenters. The van der Waals surface area contributed by atoms with Crippen molar-refractivity contribution < 1.29 is 31.5 Å². The normalized spacial score (nSPS) is 12.2. The van der Waals surface area contributed by atoms with E-state index >= 15 is 0 Å². The van der Waals surface area contributed by atoms with E-state index in [4.69, 9.17) is 23.2 Å². The molecule has 0 aliphatic heterocycles. The summed E-state index contributed by atoms with van der Waals surface area (Å²) >= 11 is 12.5. The third kappa shape index (κ3) is 6.44. The zero-order valence-corrected chi connectivity index (χ0v) is 23.7. The molecule has 0 aliphatic carbocycles. The monoisotopic (exact) mass is 629 g/mol. The molecule has 0 spiro atoms. The average Bonchev–Trinajstić information content (AvgIpc) is 3.52. The molecular formula is C26H22Cl2F5N7O2. The first-order valence-corrected chi connectivity index (χ1v) is 13.0. The molecule has 0 saturated heterocycles. The molecule has 16 heteroatoms. The van der Waals surface area contributed by atoms with E-state index in [2.05, 4.69) is 25.7 Å². The maximum absolute atomic E-state index is 13.7. The van der Waals surface area contributed by atoms with Crippen molar-refractivity contribution in [3.05, 3.63) is 86.5 Å². The van der Waals surface area contributed by atoms with Crippen LogP contribution in [0.1, 0.15) is 57.2 Å². The minimum atomic E-state index is -5.87. The standard InChI is InChI=1S/C26H22Cl2F5N7O2/c1-13(2)35-24(42)18-8-15(27)7-14(3)17(18)10-21(41)20-9-16(37-40(20)23-19(28)5-4-6-34-23)11-39-12-22(36-38-39)25(29,30)26(31,32)33/h4-9,12-13H,10-11H2,1-3H3,(H,35,42). The number of alkyl halides is 5. The van der Waals surface area contributed by atoms with Gasteiger partial charge in [0.25, 0.3) is 5.91 Å². The predicted molar refractivity (Wildman–Crippen MR) is 142 cm³/mol. The van der Waals surface area contributed by atoms with Crippen molar-refractivity contribution in [2.45, 2.75) is 51.9 Å². The quantitative estimate of drug-likeness (QED) is 0.187. The van der Waals surface area contributed by atoms with Gasteiger partial charge in [-0.3, -0.25) is 9.59 Å². The first-order valence-electron chi connectivity index (χ1n) is 12.3. The topological polar surface area (TPSA) is 108 Å². The van der Waals surface area contributed by atoms with E-state index in [1.165, 1.54) is 24.4 Å². The van der Waals surface area contributed by atoms with Gasteiger partial charge in [0, 0.05) is 29.2 Å². The number of amides is 1. The number of Topliss-reactive ketones (excluding diaryl/α,β-unsaturated/α-hetero) is 1. The SMILES string of the molecule is Cc1cc(Cl)cc(C(=O)NC(C)C)c1CC(=O)c1cc(Cn2cc(C(F)(F)C(F)(F)F)nn2)nn1-c1ncccc1Cl. The number of carbonyl (C=O) groups excluding carboxylic acids is 2. The fraction of sp³-hybridized carbons (Fsp3) is 0.308. The largest absolute Gasteiger partial charge is 0.459 e. The molecule has 0 saturated carbocycles. The lowest BCUT2D eigenvalue weighted by Crippen LogP contribution is -2.34. The van der Waals surface area contributed by atoms with Gasteiger partial charge in [-0.05, 0) is 62.2 Å². The molecule has 0 radical (unpaired) electrons. The molecule has 4 rings (SSSR count). The fourth-order valence-corrected chi connectivity index (χ4v) is 4.51. The maximum atomic E-state index is 13.7. The van der Waals surface area contributed by atoms with Crippen LogP contribution in [-0.2, 0) is 18.9 Å². The number of halogens is 7. The van der Waals surface area contributed by atoms with E-state index in [1.54, 1.807) is 32.9 Å². The summed E-state index contributed by atoms with van der Waals surface area (Å²) in [6.07, 6.45) is -4.30. The number of nitrogens with one attached hydrogen (secondary N) is 1. The average molecular weight is 630 g/mol. The Morgan fingerprint density at radius 3 is 2.45 bits per heavy atom. The molecule has 0 fully saturated rings. The van der Waals surface area contributed by atoms with Crippen molar-refractivity contribution in [2.75, 3.05) is 0 Å². The molecular weight excluding hydrogens is 608 g/mol. The van der Waals surface area contributed by atoms with E-state index in [1.807, 2.05) is 0 Å². The van der Waals surface area contributed by atoms with Crippen LogP contribution < -0.4 is 5.32 Å². The Morgan fingerprint density at radius 1 is 1.10 bits per heavy atom. The first-order chi connectivity index (χ1) is 19.6. The number of ketones is 1. The van der Waals surface area contributed by atoms with Gasteiger partial charge in [-0.1, -0.05) is 28.4 Å². The molecule has 3 aromatic heterocycles. The highest BCUT2D eigenvalue weighted by Gasteiger charge is 2.60. The van der Waals surface area contributed by atoms with Crippen LogP contribution in [0.15, 0.2) is 42.7 Å². The number of aryl methyl sites for hydroxylation is 1. The smallest absolute Gasteiger partial charge is 0.350 e.